The lowest BCUT2D eigenvalue weighted by molar-refractivity contribution is 0.0622. The highest BCUT2D eigenvalue weighted by Crippen LogP contribution is 2.24. The van der Waals surface area contributed by atoms with E-state index < -0.39 is 6.10 Å². The molecule has 0 fully saturated rings. The van der Waals surface area contributed by atoms with E-state index in [9.17, 15) is 14.7 Å². The summed E-state index contributed by atoms with van der Waals surface area (Å²) in [6, 6.07) is 14.4. The zero-order valence-corrected chi connectivity index (χ0v) is 12.3. The van der Waals surface area contributed by atoms with Gasteiger partial charge >= 0.3 is 0 Å². The van der Waals surface area contributed by atoms with Crippen molar-refractivity contribution in [3.8, 4) is 0 Å². The van der Waals surface area contributed by atoms with Crippen LogP contribution < -0.4 is 0 Å². The molecule has 1 unspecified atom stereocenters. The van der Waals surface area contributed by atoms with Gasteiger partial charge in [-0.1, -0.05) is 42.0 Å². The molecule has 2 aromatic carbocycles. The van der Waals surface area contributed by atoms with Crippen LogP contribution in [-0.4, -0.2) is 28.4 Å². The van der Waals surface area contributed by atoms with Gasteiger partial charge in [0.1, 0.15) is 0 Å². The second kappa shape index (κ2) is 5.73. The van der Waals surface area contributed by atoms with E-state index in [2.05, 4.69) is 0 Å². The molecule has 0 spiro atoms. The Hall–Kier alpha value is -2.46. The Kier molecular flexibility index (Phi) is 3.77. The fourth-order valence-corrected chi connectivity index (χ4v) is 2.74. The summed E-state index contributed by atoms with van der Waals surface area (Å²) >= 11 is 0. The molecule has 0 saturated carbocycles. The number of hydrogen-bond donors (Lipinski definition) is 1. The molecule has 112 valence electrons. The smallest absolute Gasteiger partial charge is 0.261 e. The third kappa shape index (κ3) is 2.53. The quantitative estimate of drug-likeness (QED) is 0.882. The van der Waals surface area contributed by atoms with Gasteiger partial charge < -0.3 is 5.11 Å². The van der Waals surface area contributed by atoms with Crippen LogP contribution in [0.3, 0.4) is 0 Å². The molecule has 0 aromatic heterocycles. The SMILES string of the molecule is Cc1cccc(C(O)CCN2C(=O)c3ccccc3C2=O)c1. The van der Waals surface area contributed by atoms with Crippen molar-refractivity contribution in [2.75, 3.05) is 6.54 Å². The summed E-state index contributed by atoms with van der Waals surface area (Å²) in [4.78, 5) is 25.7. The number of imide groups is 1. The summed E-state index contributed by atoms with van der Waals surface area (Å²) in [6.07, 6.45) is -0.362. The van der Waals surface area contributed by atoms with Gasteiger partial charge in [-0.2, -0.15) is 0 Å². The van der Waals surface area contributed by atoms with Crippen molar-refractivity contribution in [2.45, 2.75) is 19.4 Å². The standard InChI is InChI=1S/C18H17NO3/c1-12-5-4-6-13(11-12)16(20)9-10-19-17(21)14-7-2-3-8-15(14)18(19)22/h2-8,11,16,20H,9-10H2,1H3. The molecule has 4 heteroatoms. The average Bonchev–Trinajstić information content (AvgIpc) is 2.77. The third-order valence-electron chi connectivity index (χ3n) is 3.93. The lowest BCUT2D eigenvalue weighted by Gasteiger charge is -2.17. The van der Waals surface area contributed by atoms with Gasteiger partial charge in [-0.3, -0.25) is 14.5 Å². The largest absolute Gasteiger partial charge is 0.388 e. The summed E-state index contributed by atoms with van der Waals surface area (Å²) in [5.41, 5.74) is 2.75. The summed E-state index contributed by atoms with van der Waals surface area (Å²) in [7, 11) is 0. The maximum Gasteiger partial charge on any atom is 0.261 e. The predicted molar refractivity (Wildman–Crippen MR) is 82.6 cm³/mol. The number of amides is 2. The van der Waals surface area contributed by atoms with E-state index in [-0.39, 0.29) is 18.4 Å². The number of rotatable bonds is 4. The van der Waals surface area contributed by atoms with Gasteiger partial charge in [0.15, 0.2) is 0 Å². The summed E-state index contributed by atoms with van der Waals surface area (Å²) < 4.78 is 0. The van der Waals surface area contributed by atoms with E-state index in [1.807, 2.05) is 31.2 Å². The van der Waals surface area contributed by atoms with Gasteiger partial charge in [-0.15, -0.1) is 0 Å². The topological polar surface area (TPSA) is 57.6 Å². The number of carbonyl (C=O) groups excluding carboxylic acids is 2. The highest BCUT2D eigenvalue weighted by molar-refractivity contribution is 6.21. The van der Waals surface area contributed by atoms with Crippen LogP contribution in [0, 0.1) is 6.92 Å². The summed E-state index contributed by atoms with van der Waals surface area (Å²) in [5.74, 6) is -0.561. The number of hydrogen-bond acceptors (Lipinski definition) is 3. The van der Waals surface area contributed by atoms with Crippen LogP contribution in [0.5, 0.6) is 0 Å². The Labute approximate surface area is 129 Å². The average molecular weight is 295 g/mol. The number of aliphatic hydroxyl groups excluding tert-OH is 1. The molecule has 0 aliphatic carbocycles. The number of carbonyl (C=O) groups is 2. The van der Waals surface area contributed by atoms with Gasteiger partial charge in [-0.25, -0.2) is 0 Å². The fourth-order valence-electron chi connectivity index (χ4n) is 2.74. The molecular weight excluding hydrogens is 278 g/mol. The highest BCUT2D eigenvalue weighted by atomic mass is 16.3. The van der Waals surface area contributed by atoms with Crippen molar-refractivity contribution in [2.24, 2.45) is 0 Å². The summed E-state index contributed by atoms with van der Waals surface area (Å²) in [5, 5.41) is 10.2. The molecule has 1 aliphatic rings. The maximum atomic E-state index is 12.2. The van der Waals surface area contributed by atoms with Gasteiger partial charge in [-0.05, 0) is 31.0 Å². The monoisotopic (exact) mass is 295 g/mol. The fraction of sp³-hybridized carbons (Fsp3) is 0.222. The van der Waals surface area contributed by atoms with E-state index in [4.69, 9.17) is 0 Å². The van der Waals surface area contributed by atoms with Crippen LogP contribution in [0.4, 0.5) is 0 Å². The second-order valence-electron chi connectivity index (χ2n) is 5.53. The molecule has 1 aliphatic heterocycles. The molecular formula is C18H17NO3. The van der Waals surface area contributed by atoms with E-state index >= 15 is 0 Å². The molecule has 3 rings (SSSR count). The molecule has 22 heavy (non-hydrogen) atoms. The van der Waals surface area contributed by atoms with Crippen LogP contribution in [0.2, 0.25) is 0 Å². The molecule has 2 amide bonds. The molecule has 0 radical (unpaired) electrons. The molecule has 0 saturated heterocycles. The van der Waals surface area contributed by atoms with Crippen molar-refractivity contribution < 1.29 is 14.7 Å². The first kappa shape index (κ1) is 14.5. The minimum absolute atomic E-state index is 0.210. The summed E-state index contributed by atoms with van der Waals surface area (Å²) in [6.45, 7) is 2.17. The number of aryl methyl sites for hydroxylation is 1. The molecule has 1 atom stereocenters. The number of fused-ring (bicyclic) bond motifs is 1. The van der Waals surface area contributed by atoms with E-state index in [1.165, 1.54) is 4.90 Å². The van der Waals surface area contributed by atoms with Gasteiger partial charge in [0, 0.05) is 6.54 Å². The minimum atomic E-state index is -0.691. The Morgan fingerprint density at radius 2 is 1.64 bits per heavy atom. The number of benzene rings is 2. The van der Waals surface area contributed by atoms with Crippen LogP contribution in [0.1, 0.15) is 44.4 Å². The Morgan fingerprint density at radius 3 is 2.23 bits per heavy atom. The van der Waals surface area contributed by atoms with Crippen molar-refractivity contribution >= 4 is 11.8 Å². The van der Waals surface area contributed by atoms with Gasteiger partial charge in [0.25, 0.3) is 11.8 Å². The maximum absolute atomic E-state index is 12.2. The van der Waals surface area contributed by atoms with Gasteiger partial charge in [0.2, 0.25) is 0 Å². The molecule has 0 bridgehead atoms. The molecule has 2 aromatic rings. The lowest BCUT2D eigenvalue weighted by atomic mass is 10.0. The van der Waals surface area contributed by atoms with Gasteiger partial charge in [0.05, 0.1) is 17.2 Å². The van der Waals surface area contributed by atoms with Crippen molar-refractivity contribution in [3.05, 3.63) is 70.8 Å². The van der Waals surface area contributed by atoms with E-state index in [0.29, 0.717) is 17.5 Å². The van der Waals surface area contributed by atoms with Crippen molar-refractivity contribution in [3.63, 3.8) is 0 Å². The zero-order valence-electron chi connectivity index (χ0n) is 12.3. The molecule has 4 nitrogen and oxygen atoms in total. The Balaban J connectivity index is 1.70. The Morgan fingerprint density at radius 1 is 1.00 bits per heavy atom. The predicted octanol–water partition coefficient (Wildman–Crippen LogP) is 2.71. The number of aliphatic hydroxyl groups is 1. The first-order valence-electron chi connectivity index (χ1n) is 7.28. The Bertz CT molecular complexity index is 704. The second-order valence-corrected chi connectivity index (χ2v) is 5.53. The lowest BCUT2D eigenvalue weighted by Crippen LogP contribution is -2.31. The molecule has 1 N–H and O–H groups in total. The van der Waals surface area contributed by atoms with E-state index in [0.717, 1.165) is 11.1 Å². The van der Waals surface area contributed by atoms with Crippen molar-refractivity contribution in [1.82, 2.24) is 4.90 Å². The minimum Gasteiger partial charge on any atom is -0.388 e. The van der Waals surface area contributed by atoms with Crippen LogP contribution in [0.25, 0.3) is 0 Å². The highest BCUT2D eigenvalue weighted by Gasteiger charge is 2.34. The number of nitrogens with zero attached hydrogens (tertiary/aromatic N) is 1. The molecule has 1 heterocycles. The van der Waals surface area contributed by atoms with Crippen molar-refractivity contribution in [1.29, 1.82) is 0 Å². The van der Waals surface area contributed by atoms with Crippen LogP contribution in [-0.2, 0) is 0 Å². The third-order valence-corrected chi connectivity index (χ3v) is 3.93. The van der Waals surface area contributed by atoms with E-state index in [1.54, 1.807) is 24.3 Å². The van der Waals surface area contributed by atoms with Crippen LogP contribution in [0.15, 0.2) is 48.5 Å². The normalized spacial score (nSPS) is 15.1. The first-order chi connectivity index (χ1) is 10.6. The zero-order chi connectivity index (χ0) is 15.7. The van der Waals surface area contributed by atoms with Crippen LogP contribution >= 0.6 is 0 Å². The first-order valence-corrected chi connectivity index (χ1v) is 7.28.